The maximum atomic E-state index is 12.4. The highest BCUT2D eigenvalue weighted by molar-refractivity contribution is 6.35. The monoisotopic (exact) mass is 452 g/mol. The van der Waals surface area contributed by atoms with Crippen LogP contribution in [0.4, 0.5) is 16.2 Å². The van der Waals surface area contributed by atoms with Crippen molar-refractivity contribution in [2.75, 3.05) is 10.6 Å². The third kappa shape index (κ3) is 5.01. The first-order chi connectivity index (χ1) is 14.9. The summed E-state index contributed by atoms with van der Waals surface area (Å²) in [7, 11) is 0. The molecule has 1 atom stereocenters. The van der Waals surface area contributed by atoms with Crippen molar-refractivity contribution in [1.29, 1.82) is 0 Å². The van der Waals surface area contributed by atoms with Gasteiger partial charge in [-0.15, -0.1) is 0 Å². The summed E-state index contributed by atoms with van der Waals surface area (Å²) < 4.78 is 0. The maximum absolute atomic E-state index is 12.4. The lowest BCUT2D eigenvalue weighted by molar-refractivity contribution is 0.252. The molecule has 2 amide bonds. The van der Waals surface area contributed by atoms with Crippen LogP contribution in [0.25, 0.3) is 0 Å². The van der Waals surface area contributed by atoms with Crippen LogP contribution in [0, 0.1) is 13.8 Å². The zero-order valence-corrected chi connectivity index (χ0v) is 18.7. The summed E-state index contributed by atoms with van der Waals surface area (Å²) in [6.07, 6.45) is 0.643. The molecule has 0 saturated heterocycles. The molecule has 5 nitrogen and oxygen atoms in total. The van der Waals surface area contributed by atoms with Crippen LogP contribution in [0.2, 0.25) is 10.0 Å². The number of benzene rings is 3. The number of fused-ring (bicyclic) bond motifs is 1. The number of amides is 2. The van der Waals surface area contributed by atoms with Crippen molar-refractivity contribution in [3.8, 4) is 0 Å². The molecule has 0 radical (unpaired) electrons. The van der Waals surface area contributed by atoms with Crippen molar-refractivity contribution in [3.63, 3.8) is 0 Å². The third-order valence-corrected chi connectivity index (χ3v) is 5.62. The second kappa shape index (κ2) is 9.00. The Morgan fingerprint density at radius 1 is 1.03 bits per heavy atom. The van der Waals surface area contributed by atoms with E-state index in [4.69, 9.17) is 23.2 Å². The summed E-state index contributed by atoms with van der Waals surface area (Å²) in [4.78, 5) is 12.4. The number of halogens is 2. The molecule has 3 N–H and O–H groups in total. The van der Waals surface area contributed by atoms with Crippen molar-refractivity contribution in [2.45, 2.75) is 26.3 Å². The lowest BCUT2D eigenvalue weighted by Gasteiger charge is -2.29. The van der Waals surface area contributed by atoms with E-state index in [1.807, 2.05) is 24.3 Å². The number of rotatable bonds is 3. The standard InChI is InChI=1S/C24H22Cl2N4O/c1-14-7-8-19(15(2)9-14)22-13-23(20-5-3-4-6-21(20)28-22)29-30-24(31)27-18-11-16(25)10-17(26)12-18/h3-12,22,28H,13H2,1-2H3,(H2,27,30,31). The number of nitrogens with one attached hydrogen (secondary N) is 3. The number of para-hydroxylation sites is 1. The second-order valence-corrected chi connectivity index (χ2v) is 8.46. The summed E-state index contributed by atoms with van der Waals surface area (Å²) in [6.45, 7) is 4.20. The lowest BCUT2D eigenvalue weighted by Crippen LogP contribution is -2.29. The van der Waals surface area contributed by atoms with E-state index in [0.29, 0.717) is 22.2 Å². The Morgan fingerprint density at radius 3 is 2.52 bits per heavy atom. The number of hydrogen-bond acceptors (Lipinski definition) is 3. The molecule has 1 heterocycles. The number of hydrazone groups is 1. The van der Waals surface area contributed by atoms with Crippen molar-refractivity contribution < 1.29 is 4.79 Å². The van der Waals surface area contributed by atoms with E-state index in [9.17, 15) is 4.79 Å². The zero-order chi connectivity index (χ0) is 22.0. The topological polar surface area (TPSA) is 65.5 Å². The van der Waals surface area contributed by atoms with E-state index in [2.05, 4.69) is 53.2 Å². The Kier molecular flexibility index (Phi) is 6.16. The Hall–Kier alpha value is -3.02. The fourth-order valence-corrected chi connectivity index (χ4v) is 4.34. The number of aryl methyl sites for hydroxylation is 2. The number of anilines is 2. The van der Waals surface area contributed by atoms with Gasteiger partial charge in [0.05, 0.1) is 11.8 Å². The van der Waals surface area contributed by atoms with Gasteiger partial charge in [-0.1, -0.05) is 65.2 Å². The van der Waals surface area contributed by atoms with Crippen molar-refractivity contribution in [1.82, 2.24) is 5.43 Å². The van der Waals surface area contributed by atoms with Gasteiger partial charge in [-0.05, 0) is 49.2 Å². The van der Waals surface area contributed by atoms with Gasteiger partial charge in [0.1, 0.15) is 0 Å². The molecule has 0 aromatic heterocycles. The molecule has 1 aliphatic rings. The fraction of sp³-hybridized carbons (Fsp3) is 0.167. The molecule has 31 heavy (non-hydrogen) atoms. The molecule has 3 aromatic rings. The predicted molar refractivity (Wildman–Crippen MR) is 128 cm³/mol. The van der Waals surface area contributed by atoms with Crippen LogP contribution in [0.3, 0.4) is 0 Å². The summed E-state index contributed by atoms with van der Waals surface area (Å²) in [6, 6.07) is 18.8. The molecule has 158 valence electrons. The molecule has 7 heteroatoms. The van der Waals surface area contributed by atoms with E-state index in [0.717, 1.165) is 17.0 Å². The first-order valence-corrected chi connectivity index (χ1v) is 10.7. The van der Waals surface area contributed by atoms with Gasteiger partial charge < -0.3 is 10.6 Å². The number of hydrogen-bond donors (Lipinski definition) is 3. The minimum Gasteiger partial charge on any atom is -0.377 e. The minimum absolute atomic E-state index is 0.0610. The van der Waals surface area contributed by atoms with Crippen molar-refractivity contribution in [2.24, 2.45) is 5.10 Å². The molecule has 4 rings (SSSR count). The van der Waals surface area contributed by atoms with Crippen LogP contribution in [0.1, 0.15) is 34.7 Å². The Balaban J connectivity index is 1.57. The normalized spacial score (nSPS) is 16.4. The second-order valence-electron chi connectivity index (χ2n) is 7.59. The Bertz CT molecular complexity index is 1160. The Morgan fingerprint density at radius 2 is 1.77 bits per heavy atom. The van der Waals surface area contributed by atoms with E-state index in [1.165, 1.54) is 16.7 Å². The smallest absolute Gasteiger partial charge is 0.339 e. The molecule has 0 aliphatic carbocycles. The molecule has 1 unspecified atom stereocenters. The first kappa shape index (κ1) is 21.2. The molecule has 0 spiro atoms. The number of carbonyl (C=O) groups excluding carboxylic acids is 1. The minimum atomic E-state index is -0.468. The fourth-order valence-electron chi connectivity index (χ4n) is 3.82. The van der Waals surface area contributed by atoms with Crippen LogP contribution in [-0.2, 0) is 0 Å². The van der Waals surface area contributed by atoms with Gasteiger partial charge in [-0.3, -0.25) is 0 Å². The first-order valence-electron chi connectivity index (χ1n) is 9.92. The van der Waals surface area contributed by atoms with Gasteiger partial charge in [0.25, 0.3) is 0 Å². The van der Waals surface area contributed by atoms with E-state index < -0.39 is 6.03 Å². The molecule has 0 fully saturated rings. The van der Waals surface area contributed by atoms with Crippen LogP contribution < -0.4 is 16.1 Å². The van der Waals surface area contributed by atoms with Crippen LogP contribution in [0.15, 0.2) is 65.8 Å². The summed E-state index contributed by atoms with van der Waals surface area (Å²) in [5, 5.41) is 11.6. The summed E-state index contributed by atoms with van der Waals surface area (Å²) in [5.74, 6) is 0. The van der Waals surface area contributed by atoms with Crippen molar-refractivity contribution >= 4 is 46.3 Å². The Labute approximate surface area is 191 Å². The van der Waals surface area contributed by atoms with Crippen LogP contribution >= 0.6 is 23.2 Å². The molecule has 1 aliphatic heterocycles. The molecule has 0 bridgehead atoms. The van der Waals surface area contributed by atoms with Gasteiger partial charge in [-0.2, -0.15) is 5.10 Å². The SMILES string of the molecule is Cc1ccc(C2CC(=NNC(=O)Nc3cc(Cl)cc(Cl)c3)c3ccccc3N2)c(C)c1. The van der Waals surface area contributed by atoms with Gasteiger partial charge in [-0.25, -0.2) is 10.2 Å². The van der Waals surface area contributed by atoms with Crippen LogP contribution in [0.5, 0.6) is 0 Å². The summed E-state index contributed by atoms with van der Waals surface area (Å²) >= 11 is 12.0. The van der Waals surface area contributed by atoms with E-state index in [-0.39, 0.29) is 6.04 Å². The quantitative estimate of drug-likeness (QED) is 0.387. The van der Waals surface area contributed by atoms with Gasteiger partial charge in [0.2, 0.25) is 0 Å². The number of carbonyl (C=O) groups is 1. The number of nitrogens with zero attached hydrogens (tertiary/aromatic N) is 1. The van der Waals surface area contributed by atoms with Gasteiger partial charge in [0.15, 0.2) is 0 Å². The molecule has 3 aromatic carbocycles. The van der Waals surface area contributed by atoms with Gasteiger partial charge >= 0.3 is 6.03 Å². The zero-order valence-electron chi connectivity index (χ0n) is 17.2. The highest BCUT2D eigenvalue weighted by Gasteiger charge is 2.25. The predicted octanol–water partition coefficient (Wildman–Crippen LogP) is 6.69. The lowest BCUT2D eigenvalue weighted by atomic mass is 9.89. The molecular weight excluding hydrogens is 431 g/mol. The number of urea groups is 1. The van der Waals surface area contributed by atoms with E-state index >= 15 is 0 Å². The molecular formula is C24H22Cl2N4O. The van der Waals surface area contributed by atoms with Gasteiger partial charge in [0, 0.05) is 33.4 Å². The third-order valence-electron chi connectivity index (χ3n) is 5.18. The average molecular weight is 453 g/mol. The largest absolute Gasteiger partial charge is 0.377 e. The highest BCUT2D eigenvalue weighted by Crippen LogP contribution is 2.34. The maximum Gasteiger partial charge on any atom is 0.339 e. The molecule has 0 saturated carbocycles. The summed E-state index contributed by atoms with van der Waals surface area (Å²) in [5.41, 5.74) is 9.52. The van der Waals surface area contributed by atoms with Crippen molar-refractivity contribution in [3.05, 3.63) is 93.0 Å². The van der Waals surface area contributed by atoms with E-state index in [1.54, 1.807) is 18.2 Å². The average Bonchev–Trinajstić information content (AvgIpc) is 2.71. The highest BCUT2D eigenvalue weighted by atomic mass is 35.5. The van der Waals surface area contributed by atoms with Crippen LogP contribution in [-0.4, -0.2) is 11.7 Å².